The number of nitro groups is 1. The first kappa shape index (κ1) is 12.2. The Morgan fingerprint density at radius 3 is 2.82 bits per heavy atom. The number of aryl methyl sites for hydroxylation is 1. The average molecular weight is 257 g/mol. The van der Waals surface area contributed by atoms with Gasteiger partial charge in [-0.05, 0) is 26.3 Å². The molecule has 2 rings (SSSR count). The zero-order valence-electron chi connectivity index (χ0n) is 9.44. The van der Waals surface area contributed by atoms with Crippen LogP contribution in [0.1, 0.15) is 36.8 Å². The average Bonchev–Trinajstić information content (AvgIpc) is 2.28. The zero-order valence-corrected chi connectivity index (χ0v) is 10.2. The summed E-state index contributed by atoms with van der Waals surface area (Å²) in [7, 11) is 0. The third-order valence-electron chi connectivity index (χ3n) is 2.80. The van der Waals surface area contributed by atoms with E-state index >= 15 is 0 Å². The molecule has 0 spiro atoms. The Balaban J connectivity index is 2.46. The first-order valence-electron chi connectivity index (χ1n) is 5.51. The van der Waals surface area contributed by atoms with Crippen molar-refractivity contribution in [1.82, 2.24) is 15.3 Å². The monoisotopic (exact) mass is 256 g/mol. The van der Waals surface area contributed by atoms with Crippen LogP contribution in [0.3, 0.4) is 0 Å². The van der Waals surface area contributed by atoms with Crippen LogP contribution in [0.4, 0.5) is 5.69 Å². The van der Waals surface area contributed by atoms with Gasteiger partial charge in [0.25, 0.3) is 0 Å². The van der Waals surface area contributed by atoms with Crippen LogP contribution in [0.5, 0.6) is 0 Å². The molecule has 1 aliphatic rings. The van der Waals surface area contributed by atoms with E-state index in [0.29, 0.717) is 11.5 Å². The molecule has 0 aromatic carbocycles. The van der Waals surface area contributed by atoms with Gasteiger partial charge in [-0.15, -0.1) is 0 Å². The van der Waals surface area contributed by atoms with Crippen molar-refractivity contribution in [2.75, 3.05) is 6.54 Å². The molecule has 7 heteroatoms. The molecule has 1 aliphatic heterocycles. The lowest BCUT2D eigenvalue weighted by Gasteiger charge is -2.22. The van der Waals surface area contributed by atoms with E-state index < -0.39 is 4.92 Å². The van der Waals surface area contributed by atoms with E-state index in [0.717, 1.165) is 25.8 Å². The van der Waals surface area contributed by atoms with Crippen LogP contribution in [0.15, 0.2) is 0 Å². The molecule has 6 nitrogen and oxygen atoms in total. The molecule has 92 valence electrons. The van der Waals surface area contributed by atoms with Crippen molar-refractivity contribution in [3.8, 4) is 0 Å². The Hall–Kier alpha value is -1.27. The molecule has 0 aliphatic carbocycles. The first-order valence-corrected chi connectivity index (χ1v) is 5.89. The summed E-state index contributed by atoms with van der Waals surface area (Å²) in [6, 6.07) is -0.0941. The van der Waals surface area contributed by atoms with Gasteiger partial charge in [-0.2, -0.15) is 0 Å². The summed E-state index contributed by atoms with van der Waals surface area (Å²) >= 11 is 5.83. The minimum Gasteiger partial charge on any atom is -0.308 e. The summed E-state index contributed by atoms with van der Waals surface area (Å²) in [6.07, 6.45) is 2.96. The van der Waals surface area contributed by atoms with Crippen molar-refractivity contribution in [3.63, 3.8) is 0 Å². The number of hydrogen-bond acceptors (Lipinski definition) is 5. The fourth-order valence-corrected chi connectivity index (χ4v) is 2.34. The van der Waals surface area contributed by atoms with Gasteiger partial charge in [0.1, 0.15) is 11.5 Å². The highest BCUT2D eigenvalue weighted by Crippen LogP contribution is 2.33. The maximum absolute atomic E-state index is 11.0. The molecule has 1 aromatic rings. The lowest BCUT2D eigenvalue weighted by Crippen LogP contribution is -2.28. The van der Waals surface area contributed by atoms with Crippen LogP contribution in [0, 0.1) is 17.0 Å². The molecule has 1 N–H and O–H groups in total. The van der Waals surface area contributed by atoms with Gasteiger partial charge in [0.2, 0.25) is 5.15 Å². The normalized spacial score (nSPS) is 20.2. The molecule has 17 heavy (non-hydrogen) atoms. The molecule has 2 heterocycles. The summed E-state index contributed by atoms with van der Waals surface area (Å²) < 4.78 is 0. The van der Waals surface area contributed by atoms with E-state index in [4.69, 9.17) is 11.6 Å². The molecule has 0 bridgehead atoms. The van der Waals surface area contributed by atoms with Crippen molar-refractivity contribution < 1.29 is 4.92 Å². The summed E-state index contributed by atoms with van der Waals surface area (Å²) in [5, 5.41) is 14.2. The molecular weight excluding hydrogens is 244 g/mol. The Labute approximate surface area is 104 Å². The lowest BCUT2D eigenvalue weighted by atomic mass is 10.0. The van der Waals surface area contributed by atoms with Gasteiger partial charge in [0, 0.05) is 0 Å². The number of aromatic nitrogens is 2. The summed E-state index contributed by atoms with van der Waals surface area (Å²) in [4.78, 5) is 18.5. The van der Waals surface area contributed by atoms with E-state index in [1.807, 2.05) is 0 Å². The molecule has 1 atom stereocenters. The summed E-state index contributed by atoms with van der Waals surface area (Å²) in [5.41, 5.74) is 0.240. The van der Waals surface area contributed by atoms with Gasteiger partial charge in [0.05, 0.1) is 11.0 Å². The van der Waals surface area contributed by atoms with Gasteiger partial charge in [-0.1, -0.05) is 18.0 Å². The zero-order chi connectivity index (χ0) is 12.4. The van der Waals surface area contributed by atoms with Crippen molar-refractivity contribution in [3.05, 3.63) is 26.8 Å². The lowest BCUT2D eigenvalue weighted by molar-refractivity contribution is -0.386. The first-order chi connectivity index (χ1) is 8.09. The van der Waals surface area contributed by atoms with Crippen LogP contribution < -0.4 is 5.32 Å². The Morgan fingerprint density at radius 1 is 1.47 bits per heavy atom. The van der Waals surface area contributed by atoms with Crippen LogP contribution >= 0.6 is 11.6 Å². The molecule has 1 fully saturated rings. The highest BCUT2D eigenvalue weighted by molar-refractivity contribution is 6.31. The minimum atomic E-state index is -0.507. The van der Waals surface area contributed by atoms with E-state index in [1.54, 1.807) is 6.92 Å². The number of rotatable bonds is 2. The molecule has 1 aromatic heterocycles. The standard InChI is InChI=1S/C10H13ClN4O2/c1-6-13-8(7-4-2-3-5-12-7)9(15(16)17)10(11)14-6/h7,12H,2-5H2,1H3. The number of hydrogen-bond donors (Lipinski definition) is 1. The van der Waals surface area contributed by atoms with Gasteiger partial charge < -0.3 is 5.32 Å². The van der Waals surface area contributed by atoms with Gasteiger partial charge in [-0.25, -0.2) is 9.97 Å². The highest BCUT2D eigenvalue weighted by atomic mass is 35.5. The Morgan fingerprint density at radius 2 is 2.24 bits per heavy atom. The molecule has 0 amide bonds. The van der Waals surface area contributed by atoms with Gasteiger partial charge in [0.15, 0.2) is 0 Å². The fourth-order valence-electron chi connectivity index (χ4n) is 2.05. The summed E-state index contributed by atoms with van der Waals surface area (Å²) in [5.74, 6) is 0.461. The molecule has 0 radical (unpaired) electrons. The molecule has 1 saturated heterocycles. The number of piperidine rings is 1. The molecule has 1 unspecified atom stereocenters. The predicted molar refractivity (Wildman–Crippen MR) is 63.0 cm³/mol. The quantitative estimate of drug-likeness (QED) is 0.498. The number of halogens is 1. The van der Waals surface area contributed by atoms with Crippen molar-refractivity contribution in [1.29, 1.82) is 0 Å². The molecular formula is C10H13ClN4O2. The maximum atomic E-state index is 11.0. The number of nitrogens with one attached hydrogen (secondary N) is 1. The van der Waals surface area contributed by atoms with E-state index in [2.05, 4.69) is 15.3 Å². The van der Waals surface area contributed by atoms with Crippen molar-refractivity contribution >= 4 is 17.3 Å². The van der Waals surface area contributed by atoms with Gasteiger partial charge in [-0.3, -0.25) is 10.1 Å². The molecule has 0 saturated carbocycles. The summed E-state index contributed by atoms with van der Waals surface area (Å²) in [6.45, 7) is 2.53. The third kappa shape index (κ3) is 2.53. The highest BCUT2D eigenvalue weighted by Gasteiger charge is 2.29. The van der Waals surface area contributed by atoms with E-state index in [-0.39, 0.29) is 16.9 Å². The largest absolute Gasteiger partial charge is 0.329 e. The second kappa shape index (κ2) is 4.93. The Kier molecular flexibility index (Phi) is 3.54. The number of nitrogens with zero attached hydrogens (tertiary/aromatic N) is 3. The fraction of sp³-hybridized carbons (Fsp3) is 0.600. The van der Waals surface area contributed by atoms with Crippen LogP contribution in [-0.2, 0) is 0 Å². The Bertz CT molecular complexity index is 446. The predicted octanol–water partition coefficient (Wildman–Crippen LogP) is 2.16. The van der Waals surface area contributed by atoms with Crippen LogP contribution in [0.2, 0.25) is 5.15 Å². The van der Waals surface area contributed by atoms with Crippen molar-refractivity contribution in [2.45, 2.75) is 32.2 Å². The maximum Gasteiger partial charge on any atom is 0.329 e. The van der Waals surface area contributed by atoms with Crippen LogP contribution in [-0.4, -0.2) is 21.4 Å². The minimum absolute atomic E-state index is 0.0788. The van der Waals surface area contributed by atoms with E-state index in [9.17, 15) is 10.1 Å². The second-order valence-electron chi connectivity index (χ2n) is 4.06. The van der Waals surface area contributed by atoms with Gasteiger partial charge >= 0.3 is 5.69 Å². The van der Waals surface area contributed by atoms with Crippen LogP contribution in [0.25, 0.3) is 0 Å². The SMILES string of the molecule is Cc1nc(Cl)c([N+](=O)[O-])c(C2CCCCN2)n1. The van der Waals surface area contributed by atoms with E-state index in [1.165, 1.54) is 0 Å². The topological polar surface area (TPSA) is 81.0 Å². The van der Waals surface area contributed by atoms with Crippen molar-refractivity contribution in [2.24, 2.45) is 0 Å². The smallest absolute Gasteiger partial charge is 0.308 e. The third-order valence-corrected chi connectivity index (χ3v) is 3.07. The second-order valence-corrected chi connectivity index (χ2v) is 4.41.